The van der Waals surface area contributed by atoms with Crippen molar-refractivity contribution in [2.24, 2.45) is 0 Å². The molecule has 0 saturated heterocycles. The Kier molecular flexibility index (Phi) is 4.48. The largest absolute Gasteiger partial charge is 0.354 e. The molecular formula is C23H20N6O. The maximum absolute atomic E-state index is 13.2. The van der Waals surface area contributed by atoms with Gasteiger partial charge in [-0.25, -0.2) is 4.98 Å². The highest BCUT2D eigenvalue weighted by molar-refractivity contribution is 6.02. The zero-order valence-corrected chi connectivity index (χ0v) is 16.5. The summed E-state index contributed by atoms with van der Waals surface area (Å²) in [4.78, 5) is 22.3. The van der Waals surface area contributed by atoms with Gasteiger partial charge in [-0.2, -0.15) is 10.1 Å². The summed E-state index contributed by atoms with van der Waals surface area (Å²) in [5, 5.41) is 11.5. The fraction of sp³-hybridized carbons (Fsp3) is 0.130. The van der Waals surface area contributed by atoms with Crippen LogP contribution < -0.4 is 10.9 Å². The molecule has 3 aromatic heterocycles. The van der Waals surface area contributed by atoms with Gasteiger partial charge < -0.3 is 5.32 Å². The fourth-order valence-corrected chi connectivity index (χ4v) is 3.69. The molecule has 0 atom stereocenters. The summed E-state index contributed by atoms with van der Waals surface area (Å²) in [5.74, 6) is 0.482. The first-order valence-corrected chi connectivity index (χ1v) is 9.81. The van der Waals surface area contributed by atoms with Crippen molar-refractivity contribution in [1.82, 2.24) is 24.7 Å². The second-order valence-electron chi connectivity index (χ2n) is 7.16. The van der Waals surface area contributed by atoms with E-state index >= 15 is 0 Å². The van der Waals surface area contributed by atoms with Crippen LogP contribution in [0.15, 0.2) is 71.8 Å². The van der Waals surface area contributed by atoms with Crippen LogP contribution >= 0.6 is 0 Å². The third-order valence-corrected chi connectivity index (χ3v) is 5.26. The summed E-state index contributed by atoms with van der Waals surface area (Å²) in [5.41, 5.74) is 4.23. The molecule has 0 aliphatic heterocycles. The maximum atomic E-state index is 13.2. The van der Waals surface area contributed by atoms with E-state index in [2.05, 4.69) is 44.5 Å². The second-order valence-corrected chi connectivity index (χ2v) is 7.16. The Morgan fingerprint density at radius 3 is 2.67 bits per heavy atom. The number of aromatic nitrogens is 5. The lowest BCUT2D eigenvalue weighted by atomic mass is 10.1. The summed E-state index contributed by atoms with van der Waals surface area (Å²) in [7, 11) is 0. The number of para-hydroxylation sites is 1. The van der Waals surface area contributed by atoms with Crippen LogP contribution in [0.25, 0.3) is 27.6 Å². The van der Waals surface area contributed by atoms with Crippen molar-refractivity contribution in [2.45, 2.75) is 13.3 Å². The first kappa shape index (κ1) is 18.1. The Hall–Kier alpha value is -4.00. The standard InChI is InChI=1S/C23H20N6O/c1-15-7-5-6-8-16(15)11-12-24-23-25-13-18-20-19(14-26-28-20)22(30)29(21(18)27-23)17-9-3-2-4-10-17/h2-10,13-14H,11-12H2,1H3,(H,26,28)(H,24,25,27). The van der Waals surface area contributed by atoms with Gasteiger partial charge in [0.05, 0.1) is 16.5 Å². The number of fused-ring (bicyclic) bond motifs is 3. The molecule has 5 aromatic rings. The first-order valence-electron chi connectivity index (χ1n) is 9.81. The smallest absolute Gasteiger partial charge is 0.267 e. The summed E-state index contributed by atoms with van der Waals surface area (Å²) in [6.07, 6.45) is 4.20. The minimum atomic E-state index is -0.165. The predicted molar refractivity (Wildman–Crippen MR) is 118 cm³/mol. The lowest BCUT2D eigenvalue weighted by molar-refractivity contribution is 0.966. The van der Waals surface area contributed by atoms with Gasteiger partial charge in [0, 0.05) is 18.9 Å². The van der Waals surface area contributed by atoms with Crippen LogP contribution in [-0.4, -0.2) is 31.3 Å². The Morgan fingerprint density at radius 2 is 1.83 bits per heavy atom. The molecule has 0 saturated carbocycles. The van der Waals surface area contributed by atoms with Crippen molar-refractivity contribution in [2.75, 3.05) is 11.9 Å². The summed E-state index contributed by atoms with van der Waals surface area (Å²) in [6, 6.07) is 17.8. The van der Waals surface area contributed by atoms with E-state index in [-0.39, 0.29) is 5.56 Å². The number of nitrogens with zero attached hydrogens (tertiary/aromatic N) is 4. The van der Waals surface area contributed by atoms with Crippen molar-refractivity contribution < 1.29 is 0 Å². The van der Waals surface area contributed by atoms with Gasteiger partial charge in [-0.3, -0.25) is 14.5 Å². The third kappa shape index (κ3) is 3.10. The van der Waals surface area contributed by atoms with Crippen molar-refractivity contribution >= 4 is 27.9 Å². The van der Waals surface area contributed by atoms with Crippen molar-refractivity contribution in [3.8, 4) is 5.69 Å². The molecule has 2 N–H and O–H groups in total. The maximum Gasteiger partial charge on any atom is 0.267 e. The SMILES string of the molecule is Cc1ccccc1CCNc1ncc2c3n[nH]cc3c(=O)n(-c3ccccc3)c2n1. The molecule has 0 aliphatic rings. The van der Waals surface area contributed by atoms with Gasteiger partial charge in [0.25, 0.3) is 5.56 Å². The number of anilines is 1. The molecule has 0 amide bonds. The Morgan fingerprint density at radius 1 is 1.03 bits per heavy atom. The second kappa shape index (κ2) is 7.44. The number of rotatable bonds is 5. The molecule has 5 rings (SSSR count). The Labute approximate surface area is 172 Å². The predicted octanol–water partition coefficient (Wildman–Crippen LogP) is 3.62. The van der Waals surface area contributed by atoms with Crippen LogP contribution in [0.5, 0.6) is 0 Å². The van der Waals surface area contributed by atoms with Crippen molar-refractivity contribution in [3.05, 3.63) is 88.5 Å². The monoisotopic (exact) mass is 396 g/mol. The Balaban J connectivity index is 1.57. The van der Waals surface area contributed by atoms with Crippen LogP contribution in [0.3, 0.4) is 0 Å². The van der Waals surface area contributed by atoms with E-state index in [4.69, 9.17) is 0 Å². The molecule has 30 heavy (non-hydrogen) atoms. The van der Waals surface area contributed by atoms with E-state index in [1.807, 2.05) is 42.5 Å². The van der Waals surface area contributed by atoms with Gasteiger partial charge in [-0.15, -0.1) is 0 Å². The number of pyridine rings is 1. The number of aromatic amines is 1. The Bertz CT molecular complexity index is 1400. The molecule has 0 spiro atoms. The van der Waals surface area contributed by atoms with E-state index in [1.165, 1.54) is 11.1 Å². The molecule has 0 radical (unpaired) electrons. The van der Waals surface area contributed by atoms with Gasteiger partial charge in [0.15, 0.2) is 5.65 Å². The van der Waals surface area contributed by atoms with Crippen LogP contribution in [-0.2, 0) is 6.42 Å². The van der Waals surface area contributed by atoms with E-state index < -0.39 is 0 Å². The van der Waals surface area contributed by atoms with E-state index in [9.17, 15) is 4.79 Å². The highest BCUT2D eigenvalue weighted by Crippen LogP contribution is 2.22. The number of hydrogen-bond donors (Lipinski definition) is 2. The molecule has 148 valence electrons. The number of aryl methyl sites for hydroxylation is 1. The quantitative estimate of drug-likeness (QED) is 0.474. The van der Waals surface area contributed by atoms with Gasteiger partial charge >= 0.3 is 0 Å². The van der Waals surface area contributed by atoms with Crippen LogP contribution in [0, 0.1) is 6.92 Å². The molecule has 7 nitrogen and oxygen atoms in total. The molecule has 2 aromatic carbocycles. The summed E-state index contributed by atoms with van der Waals surface area (Å²) >= 11 is 0. The zero-order chi connectivity index (χ0) is 20.5. The molecule has 0 bridgehead atoms. The molecule has 0 unspecified atom stereocenters. The average Bonchev–Trinajstić information content (AvgIpc) is 3.27. The van der Waals surface area contributed by atoms with Crippen molar-refractivity contribution in [3.63, 3.8) is 0 Å². The molecular weight excluding hydrogens is 376 g/mol. The van der Waals surface area contributed by atoms with Gasteiger partial charge in [0.1, 0.15) is 5.52 Å². The number of benzene rings is 2. The zero-order valence-electron chi connectivity index (χ0n) is 16.5. The normalized spacial score (nSPS) is 11.2. The minimum Gasteiger partial charge on any atom is -0.354 e. The third-order valence-electron chi connectivity index (χ3n) is 5.26. The lowest BCUT2D eigenvalue weighted by Gasteiger charge is -2.12. The van der Waals surface area contributed by atoms with Crippen molar-refractivity contribution in [1.29, 1.82) is 0 Å². The van der Waals surface area contributed by atoms with Gasteiger partial charge in [0.2, 0.25) is 5.95 Å². The lowest BCUT2D eigenvalue weighted by Crippen LogP contribution is -2.20. The number of nitrogens with one attached hydrogen (secondary N) is 2. The van der Waals surface area contributed by atoms with E-state index in [1.54, 1.807) is 17.0 Å². The number of H-pyrrole nitrogens is 1. The highest BCUT2D eigenvalue weighted by atomic mass is 16.1. The van der Waals surface area contributed by atoms with E-state index in [0.717, 1.165) is 17.5 Å². The topological polar surface area (TPSA) is 88.5 Å². The minimum absolute atomic E-state index is 0.165. The van der Waals surface area contributed by atoms with Crippen LogP contribution in [0.4, 0.5) is 5.95 Å². The molecule has 3 heterocycles. The summed E-state index contributed by atoms with van der Waals surface area (Å²) in [6.45, 7) is 2.80. The molecule has 0 aliphatic carbocycles. The average molecular weight is 396 g/mol. The van der Waals surface area contributed by atoms with Crippen LogP contribution in [0.2, 0.25) is 0 Å². The van der Waals surface area contributed by atoms with Crippen LogP contribution in [0.1, 0.15) is 11.1 Å². The fourth-order valence-electron chi connectivity index (χ4n) is 3.69. The van der Waals surface area contributed by atoms with E-state index in [0.29, 0.717) is 29.0 Å². The molecule has 7 heteroatoms. The highest BCUT2D eigenvalue weighted by Gasteiger charge is 2.16. The van der Waals surface area contributed by atoms with Gasteiger partial charge in [-0.1, -0.05) is 42.5 Å². The summed E-state index contributed by atoms with van der Waals surface area (Å²) < 4.78 is 1.61. The molecule has 0 fully saturated rings. The number of hydrogen-bond acceptors (Lipinski definition) is 5. The van der Waals surface area contributed by atoms with Gasteiger partial charge in [-0.05, 0) is 36.6 Å². The first-order chi connectivity index (χ1) is 14.7.